The van der Waals surface area contributed by atoms with Crippen LogP contribution in [0.4, 0.5) is 17.6 Å². The first-order valence-electron chi connectivity index (χ1n) is 9.54. The minimum absolute atomic E-state index is 0.117. The molecule has 2 rings (SSSR count). The van der Waals surface area contributed by atoms with Gasteiger partial charge in [0.25, 0.3) is 0 Å². The highest BCUT2D eigenvalue weighted by molar-refractivity contribution is 5.46. The molecule has 0 heterocycles. The first kappa shape index (κ1) is 23.7. The van der Waals surface area contributed by atoms with Gasteiger partial charge in [-0.05, 0) is 73.9 Å². The predicted molar refractivity (Wildman–Crippen MR) is 106 cm³/mol. The van der Waals surface area contributed by atoms with Crippen LogP contribution in [0.1, 0.15) is 53.5 Å². The van der Waals surface area contributed by atoms with E-state index >= 15 is 0 Å². The van der Waals surface area contributed by atoms with Crippen molar-refractivity contribution in [2.24, 2.45) is 0 Å². The average molecular weight is 423 g/mol. The summed E-state index contributed by atoms with van der Waals surface area (Å²) in [7, 11) is 1.35. The highest BCUT2D eigenvalue weighted by Crippen LogP contribution is 2.43. The fourth-order valence-corrected chi connectivity index (χ4v) is 3.82. The van der Waals surface area contributed by atoms with Crippen molar-refractivity contribution in [1.29, 1.82) is 5.26 Å². The number of hydrogen-bond acceptors (Lipinski definition) is 3. The van der Waals surface area contributed by atoms with Crippen molar-refractivity contribution in [1.82, 2.24) is 0 Å². The van der Waals surface area contributed by atoms with E-state index in [9.17, 15) is 27.9 Å². The van der Waals surface area contributed by atoms with E-state index in [1.54, 1.807) is 26.0 Å². The lowest BCUT2D eigenvalue weighted by Gasteiger charge is -2.33. The third kappa shape index (κ3) is 5.11. The summed E-state index contributed by atoms with van der Waals surface area (Å²) < 4.78 is 60.4. The summed E-state index contributed by atoms with van der Waals surface area (Å²) in [5.41, 5.74) is -0.451. The van der Waals surface area contributed by atoms with Gasteiger partial charge in [-0.2, -0.15) is 18.4 Å². The minimum Gasteiger partial charge on any atom is -0.496 e. The van der Waals surface area contributed by atoms with E-state index in [0.717, 1.165) is 17.7 Å². The number of alkyl halides is 3. The molecule has 2 atom stereocenters. The van der Waals surface area contributed by atoms with Crippen molar-refractivity contribution in [3.63, 3.8) is 0 Å². The molecule has 30 heavy (non-hydrogen) atoms. The fourth-order valence-electron chi connectivity index (χ4n) is 3.82. The number of hydrogen-bond donors (Lipinski definition) is 1. The first-order valence-corrected chi connectivity index (χ1v) is 9.54. The molecule has 0 fully saturated rings. The monoisotopic (exact) mass is 423 g/mol. The summed E-state index contributed by atoms with van der Waals surface area (Å²) in [4.78, 5) is 0. The molecule has 1 N–H and O–H groups in total. The molecule has 0 saturated heterocycles. The lowest BCUT2D eigenvalue weighted by molar-refractivity contribution is -0.266. The average Bonchev–Trinajstić information content (AvgIpc) is 2.65. The minimum atomic E-state index is -4.90. The van der Waals surface area contributed by atoms with Gasteiger partial charge in [0.2, 0.25) is 0 Å². The SMILES string of the molecule is COc1ccc(F)cc1C(C)CC(O)(CCc1cc(C)cc(C)c1C#N)C(F)(F)F. The second-order valence-corrected chi connectivity index (χ2v) is 7.75. The maximum absolute atomic E-state index is 13.9. The predicted octanol–water partition coefficient (Wildman–Crippen LogP) is 5.74. The standard InChI is InChI=1S/C23H25F4NO2/c1-14-9-15(2)20(13-28)17(10-14)7-8-22(29,23(25,26)27)12-16(3)19-11-18(24)5-6-21(19)30-4/h5-6,9-11,16,29H,7-8,12H2,1-4H3. The summed E-state index contributed by atoms with van der Waals surface area (Å²) in [5, 5.41) is 20.0. The number of ether oxygens (including phenoxy) is 1. The Hall–Kier alpha value is -2.59. The van der Waals surface area contributed by atoms with E-state index in [1.165, 1.54) is 20.1 Å². The van der Waals surface area contributed by atoms with Crippen LogP contribution in [0.25, 0.3) is 0 Å². The molecule has 2 aromatic rings. The molecule has 3 nitrogen and oxygen atoms in total. The van der Waals surface area contributed by atoms with Gasteiger partial charge >= 0.3 is 6.18 Å². The van der Waals surface area contributed by atoms with E-state index in [4.69, 9.17) is 4.74 Å². The topological polar surface area (TPSA) is 53.2 Å². The Kier molecular flexibility index (Phi) is 7.14. The molecule has 0 aliphatic carbocycles. The maximum atomic E-state index is 13.9. The fraction of sp³-hybridized carbons (Fsp3) is 0.435. The molecule has 0 aliphatic rings. The van der Waals surface area contributed by atoms with Crippen LogP contribution in [-0.4, -0.2) is 24.0 Å². The highest BCUT2D eigenvalue weighted by Gasteiger charge is 2.53. The first-order chi connectivity index (χ1) is 13.9. The Bertz CT molecular complexity index is 949. The number of aryl methyl sites for hydroxylation is 3. The van der Waals surface area contributed by atoms with E-state index in [-0.39, 0.29) is 17.7 Å². The second-order valence-electron chi connectivity index (χ2n) is 7.75. The van der Waals surface area contributed by atoms with E-state index in [1.807, 2.05) is 6.07 Å². The van der Waals surface area contributed by atoms with Gasteiger partial charge in [-0.3, -0.25) is 0 Å². The van der Waals surface area contributed by atoms with Crippen molar-refractivity contribution in [3.8, 4) is 11.8 Å². The van der Waals surface area contributed by atoms with E-state index < -0.39 is 36.4 Å². The van der Waals surface area contributed by atoms with Crippen molar-refractivity contribution in [2.75, 3.05) is 7.11 Å². The summed E-state index contributed by atoms with van der Waals surface area (Å²) in [5.74, 6) is -1.16. The number of aliphatic hydroxyl groups is 1. The lowest BCUT2D eigenvalue weighted by atomic mass is 9.82. The molecule has 0 aromatic heterocycles. The van der Waals surface area contributed by atoms with Crippen LogP contribution >= 0.6 is 0 Å². The van der Waals surface area contributed by atoms with Gasteiger partial charge in [-0.15, -0.1) is 0 Å². The third-order valence-electron chi connectivity index (χ3n) is 5.38. The third-order valence-corrected chi connectivity index (χ3v) is 5.38. The van der Waals surface area contributed by atoms with Crippen LogP contribution in [-0.2, 0) is 6.42 Å². The van der Waals surface area contributed by atoms with Crippen LogP contribution in [0.2, 0.25) is 0 Å². The summed E-state index contributed by atoms with van der Waals surface area (Å²) in [6, 6.07) is 9.12. The van der Waals surface area contributed by atoms with Crippen LogP contribution in [0, 0.1) is 31.0 Å². The molecule has 0 amide bonds. The molecule has 0 radical (unpaired) electrons. The van der Waals surface area contributed by atoms with E-state index in [0.29, 0.717) is 16.7 Å². The number of nitrogens with zero attached hydrogens (tertiary/aromatic N) is 1. The zero-order valence-corrected chi connectivity index (χ0v) is 17.4. The van der Waals surface area contributed by atoms with Crippen LogP contribution in [0.5, 0.6) is 5.75 Å². The molecule has 162 valence electrons. The van der Waals surface area contributed by atoms with Gasteiger partial charge in [-0.1, -0.05) is 24.6 Å². The van der Waals surface area contributed by atoms with Gasteiger partial charge in [0.05, 0.1) is 18.7 Å². The van der Waals surface area contributed by atoms with Gasteiger partial charge < -0.3 is 9.84 Å². The van der Waals surface area contributed by atoms with Crippen molar-refractivity contribution >= 4 is 0 Å². The Morgan fingerprint density at radius 2 is 1.83 bits per heavy atom. The molecule has 2 unspecified atom stereocenters. The normalized spacial score (nSPS) is 14.7. The Labute approximate surface area is 173 Å². The van der Waals surface area contributed by atoms with Gasteiger partial charge in [0.1, 0.15) is 11.6 Å². The molecule has 7 heteroatoms. The summed E-state index contributed by atoms with van der Waals surface area (Å²) >= 11 is 0. The zero-order valence-electron chi connectivity index (χ0n) is 17.4. The van der Waals surface area contributed by atoms with Crippen LogP contribution < -0.4 is 4.74 Å². The molecule has 0 aliphatic heterocycles. The second kappa shape index (κ2) is 9.05. The smallest absolute Gasteiger partial charge is 0.417 e. The summed E-state index contributed by atoms with van der Waals surface area (Å²) in [6.07, 6.45) is -6.29. The number of rotatable bonds is 7. The van der Waals surface area contributed by atoms with Crippen molar-refractivity contribution < 1.29 is 27.4 Å². The largest absolute Gasteiger partial charge is 0.496 e. The number of nitriles is 1. The van der Waals surface area contributed by atoms with E-state index in [2.05, 4.69) is 0 Å². The zero-order chi connectivity index (χ0) is 22.7. The molecule has 0 bridgehead atoms. The number of methoxy groups -OCH3 is 1. The molecule has 0 saturated carbocycles. The van der Waals surface area contributed by atoms with Crippen molar-refractivity contribution in [3.05, 3.63) is 64.0 Å². The van der Waals surface area contributed by atoms with Gasteiger partial charge in [0, 0.05) is 0 Å². The Balaban J connectivity index is 2.34. The Morgan fingerprint density at radius 1 is 1.17 bits per heavy atom. The van der Waals surface area contributed by atoms with Crippen molar-refractivity contribution in [2.45, 2.75) is 57.7 Å². The highest BCUT2D eigenvalue weighted by atomic mass is 19.4. The number of halogens is 4. The number of benzene rings is 2. The molecule has 2 aromatic carbocycles. The molecular formula is C23H25F4NO2. The quantitative estimate of drug-likeness (QED) is 0.578. The summed E-state index contributed by atoms with van der Waals surface area (Å²) in [6.45, 7) is 5.01. The van der Waals surface area contributed by atoms with Gasteiger partial charge in [0.15, 0.2) is 5.60 Å². The molecule has 0 spiro atoms. The Morgan fingerprint density at radius 3 is 2.40 bits per heavy atom. The lowest BCUT2D eigenvalue weighted by Crippen LogP contribution is -2.46. The van der Waals surface area contributed by atoms with Crippen LogP contribution in [0.3, 0.4) is 0 Å². The van der Waals surface area contributed by atoms with Crippen LogP contribution in [0.15, 0.2) is 30.3 Å². The van der Waals surface area contributed by atoms with Gasteiger partial charge in [-0.25, -0.2) is 4.39 Å². The molecular weight excluding hydrogens is 398 g/mol. The maximum Gasteiger partial charge on any atom is 0.417 e.